The summed E-state index contributed by atoms with van der Waals surface area (Å²) in [7, 11) is -3.06. The highest BCUT2D eigenvalue weighted by atomic mass is 32.2. The van der Waals surface area contributed by atoms with Crippen molar-refractivity contribution in [2.24, 2.45) is 0 Å². The molecule has 0 aliphatic heterocycles. The van der Waals surface area contributed by atoms with Crippen molar-refractivity contribution >= 4 is 10.0 Å². The van der Waals surface area contributed by atoms with Gasteiger partial charge >= 0.3 is 0 Å². The van der Waals surface area contributed by atoms with Gasteiger partial charge < -0.3 is 5.11 Å². The molecule has 4 nitrogen and oxygen atoms in total. The summed E-state index contributed by atoms with van der Waals surface area (Å²) in [5.74, 6) is 0.266. The lowest BCUT2D eigenvalue weighted by Crippen LogP contribution is -2.22. The molecule has 0 amide bonds. The number of aromatic hydroxyl groups is 1. The van der Waals surface area contributed by atoms with E-state index in [1.54, 1.807) is 12.1 Å². The molecule has 5 heteroatoms. The second kappa shape index (κ2) is 5.86. The average molecular weight is 243 g/mol. The Labute approximate surface area is 96.4 Å². The fraction of sp³-hybridized carbons (Fsp3) is 0.455. The van der Waals surface area contributed by atoms with Crippen LogP contribution in [0.2, 0.25) is 0 Å². The van der Waals surface area contributed by atoms with E-state index in [9.17, 15) is 8.42 Å². The fourth-order valence-corrected chi connectivity index (χ4v) is 1.89. The number of phenolic OH excluding ortho intramolecular Hbond substituents is 1. The number of sulfonamides is 1. The maximum absolute atomic E-state index is 10.8. The number of nitrogens with one attached hydrogen (secondary N) is 1. The summed E-state index contributed by atoms with van der Waals surface area (Å²) < 4.78 is 24.0. The number of phenols is 1. The van der Waals surface area contributed by atoms with Crippen LogP contribution < -0.4 is 4.72 Å². The zero-order valence-electron chi connectivity index (χ0n) is 9.31. The molecule has 0 fully saturated rings. The first-order chi connectivity index (χ1) is 7.47. The van der Waals surface area contributed by atoms with Gasteiger partial charge in [0.15, 0.2) is 0 Å². The second-order valence-electron chi connectivity index (χ2n) is 3.79. The van der Waals surface area contributed by atoms with Gasteiger partial charge in [0.25, 0.3) is 0 Å². The summed E-state index contributed by atoms with van der Waals surface area (Å²) in [5.41, 5.74) is 1.15. The molecule has 0 heterocycles. The van der Waals surface area contributed by atoms with E-state index in [-0.39, 0.29) is 5.75 Å². The zero-order chi connectivity index (χ0) is 12.0. The molecule has 0 saturated carbocycles. The molecular weight excluding hydrogens is 226 g/mol. The third kappa shape index (κ3) is 5.72. The highest BCUT2D eigenvalue weighted by Crippen LogP contribution is 2.11. The number of hydrogen-bond acceptors (Lipinski definition) is 3. The molecule has 0 bridgehead atoms. The summed E-state index contributed by atoms with van der Waals surface area (Å²) >= 11 is 0. The van der Waals surface area contributed by atoms with Crippen molar-refractivity contribution in [3.63, 3.8) is 0 Å². The van der Waals surface area contributed by atoms with Gasteiger partial charge in [-0.3, -0.25) is 0 Å². The number of hydrogen-bond donors (Lipinski definition) is 2. The van der Waals surface area contributed by atoms with Crippen LogP contribution in [0.15, 0.2) is 24.3 Å². The van der Waals surface area contributed by atoms with E-state index in [4.69, 9.17) is 5.11 Å². The number of rotatable bonds is 6. The third-order valence-corrected chi connectivity index (χ3v) is 2.92. The van der Waals surface area contributed by atoms with Gasteiger partial charge in [0.05, 0.1) is 6.26 Å². The molecule has 0 aliphatic rings. The summed E-state index contributed by atoms with van der Waals surface area (Å²) in [6, 6.07) is 7.06. The molecule has 0 saturated heterocycles. The van der Waals surface area contributed by atoms with Crippen molar-refractivity contribution in [1.82, 2.24) is 4.72 Å². The molecule has 0 spiro atoms. The van der Waals surface area contributed by atoms with Crippen molar-refractivity contribution in [1.29, 1.82) is 0 Å². The van der Waals surface area contributed by atoms with Crippen LogP contribution in [-0.2, 0) is 16.4 Å². The van der Waals surface area contributed by atoms with Gasteiger partial charge in [0.1, 0.15) is 5.75 Å². The topological polar surface area (TPSA) is 66.4 Å². The lowest BCUT2D eigenvalue weighted by Gasteiger charge is -2.03. The minimum Gasteiger partial charge on any atom is -0.508 e. The molecule has 1 rings (SSSR count). The third-order valence-electron chi connectivity index (χ3n) is 2.19. The van der Waals surface area contributed by atoms with Gasteiger partial charge in [-0.25, -0.2) is 13.1 Å². The SMILES string of the molecule is CS(=O)(=O)NCCCCc1ccc(O)cc1. The van der Waals surface area contributed by atoms with Crippen LogP contribution in [0.5, 0.6) is 5.75 Å². The van der Waals surface area contributed by atoms with Crippen molar-refractivity contribution in [3.05, 3.63) is 29.8 Å². The van der Waals surface area contributed by atoms with Crippen LogP contribution in [-0.4, -0.2) is 26.3 Å². The molecular formula is C11H17NO3S. The van der Waals surface area contributed by atoms with E-state index < -0.39 is 10.0 Å². The lowest BCUT2D eigenvalue weighted by molar-refractivity contribution is 0.475. The van der Waals surface area contributed by atoms with E-state index in [1.165, 1.54) is 0 Å². The molecule has 0 unspecified atom stereocenters. The standard InChI is InChI=1S/C11H17NO3S/c1-16(14,15)12-9-3-2-4-10-5-7-11(13)8-6-10/h5-8,12-13H,2-4,9H2,1H3. The van der Waals surface area contributed by atoms with E-state index in [2.05, 4.69) is 4.72 Å². The first-order valence-corrected chi connectivity index (χ1v) is 7.09. The minimum atomic E-state index is -3.06. The van der Waals surface area contributed by atoms with Gasteiger partial charge in [-0.1, -0.05) is 12.1 Å². The molecule has 2 N–H and O–H groups in total. The molecule has 0 radical (unpaired) electrons. The predicted molar refractivity (Wildman–Crippen MR) is 63.9 cm³/mol. The smallest absolute Gasteiger partial charge is 0.208 e. The Morgan fingerprint density at radius 2 is 1.81 bits per heavy atom. The summed E-state index contributed by atoms with van der Waals surface area (Å²) in [6.45, 7) is 0.483. The Kier molecular flexibility index (Phi) is 4.76. The molecule has 90 valence electrons. The van der Waals surface area contributed by atoms with Crippen molar-refractivity contribution in [3.8, 4) is 5.75 Å². The van der Waals surface area contributed by atoms with Gasteiger partial charge in [0, 0.05) is 6.54 Å². The summed E-state index contributed by atoms with van der Waals surface area (Å²) in [5, 5.41) is 9.08. The first-order valence-electron chi connectivity index (χ1n) is 5.20. The minimum absolute atomic E-state index is 0.266. The van der Waals surface area contributed by atoms with Gasteiger partial charge in [-0.2, -0.15) is 0 Å². The lowest BCUT2D eigenvalue weighted by atomic mass is 10.1. The number of benzene rings is 1. The average Bonchev–Trinajstić information content (AvgIpc) is 2.19. The van der Waals surface area contributed by atoms with Crippen molar-refractivity contribution in [2.45, 2.75) is 19.3 Å². The Hall–Kier alpha value is -1.07. The molecule has 1 aromatic carbocycles. The van der Waals surface area contributed by atoms with Crippen LogP contribution >= 0.6 is 0 Å². The highest BCUT2D eigenvalue weighted by molar-refractivity contribution is 7.88. The maximum atomic E-state index is 10.8. The number of unbranched alkanes of at least 4 members (excludes halogenated alkanes) is 1. The Balaban J connectivity index is 2.19. The normalized spacial score (nSPS) is 11.6. The molecule has 0 aliphatic carbocycles. The second-order valence-corrected chi connectivity index (χ2v) is 5.62. The largest absolute Gasteiger partial charge is 0.508 e. The zero-order valence-corrected chi connectivity index (χ0v) is 10.1. The van der Waals surface area contributed by atoms with E-state index >= 15 is 0 Å². The predicted octanol–water partition coefficient (Wildman–Crippen LogP) is 1.26. The van der Waals surface area contributed by atoms with Crippen LogP contribution in [0.3, 0.4) is 0 Å². The van der Waals surface area contributed by atoms with Gasteiger partial charge in [-0.05, 0) is 37.0 Å². The van der Waals surface area contributed by atoms with Gasteiger partial charge in [0.2, 0.25) is 10.0 Å². The summed E-state index contributed by atoms with van der Waals surface area (Å²) in [6.07, 6.45) is 3.79. The Bertz CT molecular complexity index is 411. The van der Waals surface area contributed by atoms with Crippen LogP contribution in [0.1, 0.15) is 18.4 Å². The van der Waals surface area contributed by atoms with Crippen molar-refractivity contribution in [2.75, 3.05) is 12.8 Å². The summed E-state index contributed by atoms with van der Waals surface area (Å²) in [4.78, 5) is 0. The van der Waals surface area contributed by atoms with E-state index in [0.29, 0.717) is 6.54 Å². The van der Waals surface area contributed by atoms with E-state index in [0.717, 1.165) is 31.1 Å². The molecule has 1 aromatic rings. The monoisotopic (exact) mass is 243 g/mol. The fourth-order valence-electron chi connectivity index (χ4n) is 1.37. The van der Waals surface area contributed by atoms with Crippen molar-refractivity contribution < 1.29 is 13.5 Å². The van der Waals surface area contributed by atoms with E-state index in [1.807, 2.05) is 12.1 Å². The Morgan fingerprint density at radius 3 is 2.38 bits per heavy atom. The van der Waals surface area contributed by atoms with Crippen LogP contribution in [0.25, 0.3) is 0 Å². The maximum Gasteiger partial charge on any atom is 0.208 e. The van der Waals surface area contributed by atoms with Crippen LogP contribution in [0, 0.1) is 0 Å². The number of aryl methyl sites for hydroxylation is 1. The Morgan fingerprint density at radius 1 is 1.19 bits per heavy atom. The molecule has 16 heavy (non-hydrogen) atoms. The quantitative estimate of drug-likeness (QED) is 0.739. The van der Waals surface area contributed by atoms with Gasteiger partial charge in [-0.15, -0.1) is 0 Å². The first kappa shape index (κ1) is 13.0. The highest BCUT2D eigenvalue weighted by Gasteiger charge is 1.99. The van der Waals surface area contributed by atoms with Crippen LogP contribution in [0.4, 0.5) is 0 Å². The molecule has 0 atom stereocenters. The molecule has 0 aromatic heterocycles.